The van der Waals surface area contributed by atoms with Crippen molar-refractivity contribution in [1.29, 1.82) is 0 Å². The van der Waals surface area contributed by atoms with Gasteiger partial charge in [0.2, 0.25) is 15.9 Å². The third-order valence-corrected chi connectivity index (χ3v) is 5.00. The number of carbonyl (C=O) groups is 1. The summed E-state index contributed by atoms with van der Waals surface area (Å²) in [7, 11) is -3.77. The highest BCUT2D eigenvalue weighted by molar-refractivity contribution is 7.92. The lowest BCUT2D eigenvalue weighted by molar-refractivity contribution is -0.118. The number of carbonyl (C=O) groups excluding carboxylic acids is 1. The fourth-order valence-corrected chi connectivity index (χ4v) is 3.49. The predicted molar refractivity (Wildman–Crippen MR) is 97.6 cm³/mol. The average molecular weight is 382 g/mol. The Morgan fingerprint density at radius 2 is 1.65 bits per heavy atom. The Morgan fingerprint density at radius 1 is 1.00 bits per heavy atom. The predicted octanol–water partition coefficient (Wildman–Crippen LogP) is 3.17. The zero-order valence-electron chi connectivity index (χ0n) is 14.5. The van der Waals surface area contributed by atoms with Crippen molar-refractivity contribution in [2.75, 3.05) is 28.6 Å². The van der Waals surface area contributed by atoms with Crippen molar-refractivity contribution in [2.24, 2.45) is 0 Å². The van der Waals surface area contributed by atoms with E-state index < -0.39 is 21.7 Å². The van der Waals surface area contributed by atoms with Crippen molar-refractivity contribution in [3.63, 3.8) is 0 Å². The molecule has 0 spiro atoms. The molecule has 0 aliphatic rings. The summed E-state index contributed by atoms with van der Waals surface area (Å²) in [4.78, 5) is 14.1. The van der Waals surface area contributed by atoms with Crippen LogP contribution < -0.4 is 9.21 Å². The molecule has 0 N–H and O–H groups in total. The Balaban J connectivity index is 2.19. The minimum absolute atomic E-state index is 0.0260. The molecule has 0 saturated heterocycles. The van der Waals surface area contributed by atoms with E-state index in [2.05, 4.69) is 0 Å². The van der Waals surface area contributed by atoms with Crippen LogP contribution in [0, 0.1) is 11.6 Å². The maximum absolute atomic E-state index is 13.5. The smallest absolute Gasteiger partial charge is 0.232 e. The number of sulfonamides is 1. The molecule has 0 aromatic heterocycles. The van der Waals surface area contributed by atoms with Gasteiger partial charge >= 0.3 is 0 Å². The maximum Gasteiger partial charge on any atom is 0.232 e. The van der Waals surface area contributed by atoms with Gasteiger partial charge in [0, 0.05) is 31.3 Å². The van der Waals surface area contributed by atoms with Crippen molar-refractivity contribution < 1.29 is 22.0 Å². The highest BCUT2D eigenvalue weighted by Crippen LogP contribution is 2.21. The molecule has 0 saturated carbocycles. The van der Waals surface area contributed by atoms with Crippen LogP contribution in [0.25, 0.3) is 0 Å². The second kappa shape index (κ2) is 8.27. The Bertz CT molecular complexity index is 873. The molecule has 2 aromatic rings. The van der Waals surface area contributed by atoms with E-state index in [0.717, 1.165) is 22.7 Å². The van der Waals surface area contributed by atoms with Gasteiger partial charge in [0.05, 0.1) is 11.9 Å². The molecule has 0 unspecified atom stereocenters. The van der Waals surface area contributed by atoms with Crippen LogP contribution in [0.2, 0.25) is 0 Å². The van der Waals surface area contributed by atoms with E-state index in [1.165, 1.54) is 11.0 Å². The molecule has 5 nitrogen and oxygen atoms in total. The molecule has 0 heterocycles. The Kier molecular flexibility index (Phi) is 6.31. The van der Waals surface area contributed by atoms with Gasteiger partial charge in [-0.15, -0.1) is 0 Å². The molecule has 0 radical (unpaired) electrons. The highest BCUT2D eigenvalue weighted by atomic mass is 32.2. The van der Waals surface area contributed by atoms with Gasteiger partial charge in [-0.3, -0.25) is 9.10 Å². The van der Waals surface area contributed by atoms with Crippen LogP contribution in [-0.4, -0.2) is 33.7 Å². The van der Waals surface area contributed by atoms with Crippen molar-refractivity contribution in [3.8, 4) is 0 Å². The first-order chi connectivity index (χ1) is 12.2. The third kappa shape index (κ3) is 4.78. The number of benzene rings is 2. The van der Waals surface area contributed by atoms with Crippen molar-refractivity contribution in [3.05, 3.63) is 60.2 Å². The molecule has 26 heavy (non-hydrogen) atoms. The summed E-state index contributed by atoms with van der Waals surface area (Å²) < 4.78 is 51.5. The molecule has 140 valence electrons. The van der Waals surface area contributed by atoms with Gasteiger partial charge in [0.25, 0.3) is 0 Å². The lowest BCUT2D eigenvalue weighted by Crippen LogP contribution is -2.37. The lowest BCUT2D eigenvalue weighted by Gasteiger charge is -2.25. The molecule has 2 aromatic carbocycles. The van der Waals surface area contributed by atoms with Crippen LogP contribution in [0.1, 0.15) is 13.3 Å². The summed E-state index contributed by atoms with van der Waals surface area (Å²) in [5.74, 6) is -2.49. The quantitative estimate of drug-likeness (QED) is 0.739. The van der Waals surface area contributed by atoms with Gasteiger partial charge in [-0.1, -0.05) is 18.2 Å². The molecular formula is C18H20F2N2O3S. The summed E-state index contributed by atoms with van der Waals surface area (Å²) in [6, 6.07) is 11.8. The molecule has 8 heteroatoms. The highest BCUT2D eigenvalue weighted by Gasteiger charge is 2.22. The van der Waals surface area contributed by atoms with E-state index in [9.17, 15) is 22.0 Å². The van der Waals surface area contributed by atoms with Crippen LogP contribution in [0.4, 0.5) is 20.2 Å². The average Bonchev–Trinajstić information content (AvgIpc) is 2.58. The lowest BCUT2D eigenvalue weighted by atomic mass is 10.2. The van der Waals surface area contributed by atoms with Gasteiger partial charge in [0.15, 0.2) is 11.6 Å². The summed E-state index contributed by atoms with van der Waals surface area (Å²) in [6.45, 7) is 2.06. The standard InChI is InChI=1S/C18H20F2N2O3S/c1-3-21(14-7-5-4-6-8-14)18(23)11-12-22(26(2,24)25)15-9-10-16(19)17(20)13-15/h4-10,13H,3,11-12H2,1-2H3. The first-order valence-electron chi connectivity index (χ1n) is 8.02. The Hall–Kier alpha value is -2.48. The minimum Gasteiger partial charge on any atom is -0.313 e. The van der Waals surface area contributed by atoms with Crippen LogP contribution in [0.3, 0.4) is 0 Å². The van der Waals surface area contributed by atoms with Gasteiger partial charge in [-0.05, 0) is 31.2 Å². The first kappa shape index (κ1) is 19.8. The van der Waals surface area contributed by atoms with Crippen LogP contribution in [0.15, 0.2) is 48.5 Å². The van der Waals surface area contributed by atoms with Gasteiger partial charge in [-0.25, -0.2) is 17.2 Å². The third-order valence-electron chi connectivity index (χ3n) is 3.81. The molecule has 0 atom stereocenters. The number of nitrogens with zero attached hydrogens (tertiary/aromatic N) is 2. The largest absolute Gasteiger partial charge is 0.313 e. The number of para-hydroxylation sites is 1. The number of anilines is 2. The van der Waals surface area contributed by atoms with E-state index in [0.29, 0.717) is 12.2 Å². The van der Waals surface area contributed by atoms with E-state index in [1.54, 1.807) is 24.3 Å². The summed E-state index contributed by atoms with van der Waals surface area (Å²) in [6.07, 6.45) is 0.850. The molecule has 0 aliphatic carbocycles. The normalized spacial score (nSPS) is 11.2. The van der Waals surface area contributed by atoms with Crippen LogP contribution >= 0.6 is 0 Å². The molecule has 0 bridgehead atoms. The van der Waals surface area contributed by atoms with Crippen LogP contribution in [0.5, 0.6) is 0 Å². The van der Waals surface area contributed by atoms with Crippen LogP contribution in [-0.2, 0) is 14.8 Å². The number of hydrogen-bond acceptors (Lipinski definition) is 3. The maximum atomic E-state index is 13.5. The van der Waals surface area contributed by atoms with Gasteiger partial charge in [0.1, 0.15) is 0 Å². The van der Waals surface area contributed by atoms with E-state index in [-0.39, 0.29) is 24.6 Å². The monoisotopic (exact) mass is 382 g/mol. The fourth-order valence-electron chi connectivity index (χ4n) is 2.57. The number of rotatable bonds is 7. The number of hydrogen-bond donors (Lipinski definition) is 0. The topological polar surface area (TPSA) is 57.7 Å². The van der Waals surface area contributed by atoms with Crippen molar-refractivity contribution in [2.45, 2.75) is 13.3 Å². The van der Waals surface area contributed by atoms with Gasteiger partial charge < -0.3 is 4.90 Å². The fraction of sp³-hybridized carbons (Fsp3) is 0.278. The summed E-state index contributed by atoms with van der Waals surface area (Å²) in [5, 5.41) is 0. The van der Waals surface area contributed by atoms with E-state index >= 15 is 0 Å². The molecule has 1 amide bonds. The molecule has 0 fully saturated rings. The van der Waals surface area contributed by atoms with Crippen molar-refractivity contribution >= 4 is 27.3 Å². The Morgan fingerprint density at radius 3 is 2.19 bits per heavy atom. The first-order valence-corrected chi connectivity index (χ1v) is 9.87. The number of amides is 1. The molecular weight excluding hydrogens is 362 g/mol. The second-order valence-corrected chi connectivity index (χ2v) is 7.56. The van der Waals surface area contributed by atoms with E-state index in [4.69, 9.17) is 0 Å². The van der Waals surface area contributed by atoms with E-state index in [1.807, 2.05) is 13.0 Å². The summed E-state index contributed by atoms with van der Waals surface area (Å²) in [5.41, 5.74) is 0.681. The Labute approximate surface area is 151 Å². The number of halogens is 2. The molecule has 0 aliphatic heterocycles. The zero-order chi connectivity index (χ0) is 19.3. The SMILES string of the molecule is CCN(C(=O)CCN(c1ccc(F)c(F)c1)S(C)(=O)=O)c1ccccc1. The molecule has 2 rings (SSSR count). The minimum atomic E-state index is -3.77. The summed E-state index contributed by atoms with van der Waals surface area (Å²) >= 11 is 0. The van der Waals surface area contributed by atoms with Crippen molar-refractivity contribution in [1.82, 2.24) is 0 Å². The zero-order valence-corrected chi connectivity index (χ0v) is 15.3. The van der Waals surface area contributed by atoms with Gasteiger partial charge in [-0.2, -0.15) is 0 Å². The second-order valence-electron chi connectivity index (χ2n) is 5.66.